The molecule has 1 saturated carbocycles. The van der Waals surface area contributed by atoms with Gasteiger partial charge in [-0.3, -0.25) is 9.36 Å². The van der Waals surface area contributed by atoms with E-state index in [1.807, 2.05) is 6.92 Å². The van der Waals surface area contributed by atoms with Crippen LogP contribution in [-0.2, 0) is 16.0 Å². The second-order valence-corrected chi connectivity index (χ2v) is 10.1. The summed E-state index contributed by atoms with van der Waals surface area (Å²) < 4.78 is 13.0. The average Bonchev–Trinajstić information content (AvgIpc) is 3.67. The predicted octanol–water partition coefficient (Wildman–Crippen LogP) is 1.75. The maximum absolute atomic E-state index is 10.9. The molecule has 0 amide bonds. The summed E-state index contributed by atoms with van der Waals surface area (Å²) in [4.78, 5) is 26.7. The summed E-state index contributed by atoms with van der Waals surface area (Å²) in [5, 5.41) is 39.4. The number of imidazole rings is 1. The molecule has 0 unspecified atom stereocenters. The van der Waals surface area contributed by atoms with Crippen LogP contribution in [0.15, 0.2) is 10.9 Å². The number of carbonyl (C=O) groups is 1. The molecule has 1 aliphatic carbocycles. The topological polar surface area (TPSA) is 220 Å². The highest BCUT2D eigenvalue weighted by molar-refractivity contribution is 5.84. The quantitative estimate of drug-likeness (QED) is 0.205. The third-order valence-electron chi connectivity index (χ3n) is 7.41. The lowest BCUT2D eigenvalue weighted by Gasteiger charge is -2.27. The Balaban J connectivity index is 0.00000118. The van der Waals surface area contributed by atoms with Crippen molar-refractivity contribution in [1.29, 1.82) is 0 Å². The van der Waals surface area contributed by atoms with E-state index in [0.29, 0.717) is 35.2 Å². The summed E-state index contributed by atoms with van der Waals surface area (Å²) in [6, 6.07) is 0.677. The Morgan fingerprint density at radius 1 is 1.12 bits per heavy atom. The lowest BCUT2D eigenvalue weighted by atomic mass is 9.92. The number of ether oxygens (including phenoxy) is 1. The summed E-state index contributed by atoms with van der Waals surface area (Å²) in [5.74, 6) is 1.71. The van der Waals surface area contributed by atoms with Crippen molar-refractivity contribution in [2.24, 2.45) is 5.73 Å². The fourth-order valence-corrected chi connectivity index (χ4v) is 5.02. The monoisotopic (exact) mass is 561 g/mol. The van der Waals surface area contributed by atoms with Gasteiger partial charge in [0.15, 0.2) is 35.1 Å². The normalized spacial score (nSPS) is 26.5. The molecule has 5 rings (SSSR count). The van der Waals surface area contributed by atoms with Crippen LogP contribution in [-0.4, -0.2) is 81.8 Å². The van der Waals surface area contributed by atoms with Crippen LogP contribution in [0, 0.1) is 0 Å². The third kappa shape index (κ3) is 6.32. The molecule has 2 fully saturated rings. The average molecular weight is 562 g/mol. The van der Waals surface area contributed by atoms with E-state index in [9.17, 15) is 10.2 Å². The molecule has 0 bridgehead atoms. The van der Waals surface area contributed by atoms with Gasteiger partial charge in [0.05, 0.1) is 6.33 Å². The van der Waals surface area contributed by atoms with Gasteiger partial charge >= 0.3 is 0 Å². The van der Waals surface area contributed by atoms with Gasteiger partial charge in [-0.2, -0.15) is 15.0 Å². The van der Waals surface area contributed by atoms with Crippen LogP contribution in [0.5, 0.6) is 0 Å². The van der Waals surface area contributed by atoms with Crippen molar-refractivity contribution in [3.63, 3.8) is 0 Å². The molecular weight excluding hydrogens is 522 g/mol. The molecule has 1 aliphatic heterocycles. The lowest BCUT2D eigenvalue weighted by Crippen LogP contribution is -2.33. The van der Waals surface area contributed by atoms with Crippen LogP contribution in [0.2, 0.25) is 0 Å². The number of hydrogen-bond acceptors (Lipinski definition) is 13. The van der Waals surface area contributed by atoms with Crippen molar-refractivity contribution in [1.82, 2.24) is 29.7 Å². The van der Waals surface area contributed by atoms with E-state index in [0.717, 1.165) is 38.5 Å². The number of nitrogens with one attached hydrogen (secondary N) is 2. The summed E-state index contributed by atoms with van der Waals surface area (Å²) in [7, 11) is 0. The zero-order valence-corrected chi connectivity index (χ0v) is 23.0. The fourth-order valence-electron chi connectivity index (χ4n) is 5.02. The maximum Gasteiger partial charge on any atom is 0.290 e. The molecule has 4 heterocycles. The van der Waals surface area contributed by atoms with Gasteiger partial charge in [-0.15, -0.1) is 0 Å². The maximum atomic E-state index is 10.9. The summed E-state index contributed by atoms with van der Waals surface area (Å²) >= 11 is 0. The molecule has 0 aromatic carbocycles. The van der Waals surface area contributed by atoms with Crippen LogP contribution < -0.4 is 16.4 Å². The van der Waals surface area contributed by atoms with Gasteiger partial charge < -0.3 is 40.9 Å². The number of nitrogens with zero attached hydrogens (tertiary/aromatic N) is 6. The zero-order chi connectivity index (χ0) is 28.8. The van der Waals surface area contributed by atoms with Crippen molar-refractivity contribution in [3.05, 3.63) is 18.0 Å². The highest BCUT2D eigenvalue weighted by Gasteiger charge is 2.47. The van der Waals surface area contributed by atoms with Gasteiger partial charge in [0, 0.05) is 24.5 Å². The molecule has 7 N–H and O–H groups in total. The number of fused-ring (bicyclic) bond motifs is 1. The van der Waals surface area contributed by atoms with Gasteiger partial charge in [-0.05, 0) is 38.5 Å². The minimum Gasteiger partial charge on any atom is -0.483 e. The van der Waals surface area contributed by atoms with Crippen LogP contribution in [0.3, 0.4) is 0 Å². The Morgan fingerprint density at radius 2 is 1.82 bits per heavy atom. The number of aromatic nitrogens is 6. The molecule has 15 nitrogen and oxygen atoms in total. The zero-order valence-electron chi connectivity index (χ0n) is 23.0. The molecule has 4 atom stereocenters. The van der Waals surface area contributed by atoms with Crippen molar-refractivity contribution >= 4 is 29.4 Å². The minimum atomic E-state index is -1.26. The second kappa shape index (κ2) is 13.3. The van der Waals surface area contributed by atoms with Crippen LogP contribution in [0.1, 0.15) is 83.3 Å². The molecule has 220 valence electrons. The second-order valence-electron chi connectivity index (χ2n) is 10.1. The summed E-state index contributed by atoms with van der Waals surface area (Å²) in [6.07, 6.45) is 3.31. The number of nitrogens with two attached hydrogens (primary N) is 1. The molecule has 0 spiro atoms. The largest absolute Gasteiger partial charge is 0.483 e. The first-order chi connectivity index (χ1) is 19.3. The van der Waals surface area contributed by atoms with Crippen molar-refractivity contribution in [2.45, 2.75) is 108 Å². The number of rotatable bonds is 9. The first-order valence-electron chi connectivity index (χ1n) is 13.8. The van der Waals surface area contributed by atoms with E-state index in [-0.39, 0.29) is 30.5 Å². The Hall–Kier alpha value is -3.40. The molecule has 15 heteroatoms. The van der Waals surface area contributed by atoms with E-state index in [1.165, 1.54) is 0 Å². The van der Waals surface area contributed by atoms with Gasteiger partial charge in [0.1, 0.15) is 12.2 Å². The van der Waals surface area contributed by atoms with Crippen molar-refractivity contribution in [2.75, 3.05) is 10.6 Å². The smallest absolute Gasteiger partial charge is 0.290 e. The van der Waals surface area contributed by atoms with Crippen LogP contribution >= 0.6 is 0 Å². The van der Waals surface area contributed by atoms with Gasteiger partial charge in [0.25, 0.3) is 12.4 Å². The highest BCUT2D eigenvalue weighted by Crippen LogP contribution is 2.40. The van der Waals surface area contributed by atoms with Crippen LogP contribution in [0.4, 0.5) is 11.8 Å². The minimum absolute atomic E-state index is 0.124. The van der Waals surface area contributed by atoms with E-state index < -0.39 is 24.5 Å². The van der Waals surface area contributed by atoms with Crippen LogP contribution in [0.25, 0.3) is 11.2 Å². The number of hydrogen-bond donors (Lipinski definition) is 6. The Morgan fingerprint density at radius 3 is 2.45 bits per heavy atom. The Bertz CT molecular complexity index is 1240. The van der Waals surface area contributed by atoms with Crippen molar-refractivity contribution < 1.29 is 29.4 Å². The summed E-state index contributed by atoms with van der Waals surface area (Å²) in [5.41, 5.74) is 7.12. The summed E-state index contributed by atoms with van der Waals surface area (Å²) in [6.45, 7) is 5.89. The Labute approximate surface area is 231 Å². The SMILES string of the molecule is CCc1noc([C@H]2O[C@@H](n3cnc4c(NC(CC)CC)nc(NC5CCC(N)CC5)nc43)[C@H](O)[C@@H]2O)n1.O=CO. The molecule has 0 radical (unpaired) electrons. The predicted molar refractivity (Wildman–Crippen MR) is 144 cm³/mol. The fraction of sp³-hybridized carbons (Fsp3) is 0.680. The molecular formula is C25H39N9O6. The molecule has 3 aromatic rings. The number of aliphatic hydroxyl groups is 2. The highest BCUT2D eigenvalue weighted by atomic mass is 16.6. The van der Waals surface area contributed by atoms with Gasteiger partial charge in [-0.1, -0.05) is 25.9 Å². The number of aliphatic hydroxyl groups excluding tert-OH is 2. The Kier molecular flexibility index (Phi) is 9.84. The van der Waals surface area contributed by atoms with Gasteiger partial charge in [0.2, 0.25) is 5.95 Å². The lowest BCUT2D eigenvalue weighted by molar-refractivity contribution is -0.122. The van der Waals surface area contributed by atoms with E-state index >= 15 is 0 Å². The number of anilines is 2. The standard InChI is InChI=1S/C24H37N9O4.CH2O2/c1-4-13(5-2)27-20-16-21(31-24(30-20)28-14-9-7-12(25)8-10-14)33(11-26-16)23-18(35)17(34)19(36-23)22-29-15(6-3)32-37-22;2-1-3/h11-14,17-19,23,34-35H,4-10,25H2,1-3H3,(H2,27,28,30,31);1H,(H,2,3)/t12?,14?,17-,18+,19-,23+;/m0./s1. The number of aryl methyl sites for hydroxylation is 1. The number of carboxylic acid groups (broad SMARTS) is 1. The van der Waals surface area contributed by atoms with Crippen molar-refractivity contribution in [3.8, 4) is 0 Å². The molecule has 2 aliphatic rings. The molecule has 3 aromatic heterocycles. The van der Waals surface area contributed by atoms with E-state index in [4.69, 9.17) is 34.9 Å². The molecule has 40 heavy (non-hydrogen) atoms. The first-order valence-corrected chi connectivity index (χ1v) is 13.8. The third-order valence-corrected chi connectivity index (χ3v) is 7.41. The van der Waals surface area contributed by atoms with E-state index in [2.05, 4.69) is 39.6 Å². The molecule has 1 saturated heterocycles. The van der Waals surface area contributed by atoms with E-state index in [1.54, 1.807) is 10.9 Å². The van der Waals surface area contributed by atoms with Gasteiger partial charge in [-0.25, -0.2) is 4.98 Å². The first kappa shape index (κ1) is 29.6.